The van der Waals surface area contributed by atoms with Crippen molar-refractivity contribution < 1.29 is 8.83 Å². The van der Waals surface area contributed by atoms with E-state index in [0.717, 1.165) is 77.5 Å². The van der Waals surface area contributed by atoms with Crippen LogP contribution in [0.5, 0.6) is 0 Å². The van der Waals surface area contributed by atoms with Gasteiger partial charge in [0.25, 0.3) is 0 Å². The zero-order chi connectivity index (χ0) is 34.6. The van der Waals surface area contributed by atoms with Crippen LogP contribution >= 0.6 is 0 Å². The first-order valence-corrected chi connectivity index (χ1v) is 17.9. The van der Waals surface area contributed by atoms with Crippen molar-refractivity contribution in [1.82, 2.24) is 0 Å². The minimum absolute atomic E-state index is 0.151. The van der Waals surface area contributed by atoms with Gasteiger partial charge in [-0.2, -0.15) is 0 Å². The second kappa shape index (κ2) is 10.7. The molecule has 3 nitrogen and oxygen atoms in total. The van der Waals surface area contributed by atoms with Gasteiger partial charge in [-0.05, 0) is 92.7 Å². The molecule has 10 aromatic rings. The average Bonchev–Trinajstić information content (AvgIpc) is 3.82. The van der Waals surface area contributed by atoms with Crippen molar-refractivity contribution in [2.24, 2.45) is 0 Å². The van der Waals surface area contributed by atoms with Crippen LogP contribution in [0.1, 0.15) is 25.0 Å². The quantitative estimate of drug-likeness (QED) is 0.187. The number of nitrogens with zero attached hydrogens (tertiary/aromatic N) is 1. The molecule has 0 radical (unpaired) electrons. The second-order valence-corrected chi connectivity index (χ2v) is 14.5. The van der Waals surface area contributed by atoms with Gasteiger partial charge in [0.2, 0.25) is 0 Å². The summed E-state index contributed by atoms with van der Waals surface area (Å²) in [6, 6.07) is 58.7. The highest BCUT2D eigenvalue weighted by molar-refractivity contribution is 6.19. The van der Waals surface area contributed by atoms with Crippen molar-refractivity contribution in [3.05, 3.63) is 175 Å². The van der Waals surface area contributed by atoms with Gasteiger partial charge in [0.15, 0.2) is 5.58 Å². The van der Waals surface area contributed by atoms with E-state index in [1.807, 2.05) is 12.1 Å². The summed E-state index contributed by atoms with van der Waals surface area (Å²) in [4.78, 5) is 2.35. The number of para-hydroxylation sites is 1. The molecule has 0 spiro atoms. The van der Waals surface area contributed by atoms with Gasteiger partial charge in [-0.1, -0.05) is 123 Å². The van der Waals surface area contributed by atoms with Gasteiger partial charge in [-0.25, -0.2) is 0 Å². The van der Waals surface area contributed by atoms with E-state index in [2.05, 4.69) is 170 Å². The number of hydrogen-bond acceptors (Lipinski definition) is 3. The lowest BCUT2D eigenvalue weighted by molar-refractivity contribution is 0.660. The van der Waals surface area contributed by atoms with Crippen LogP contribution in [0.4, 0.5) is 17.1 Å². The highest BCUT2D eigenvalue weighted by atomic mass is 16.3. The Hall–Kier alpha value is -6.58. The van der Waals surface area contributed by atoms with Gasteiger partial charge in [0, 0.05) is 38.7 Å². The third kappa shape index (κ3) is 4.14. The van der Waals surface area contributed by atoms with Crippen LogP contribution < -0.4 is 4.90 Å². The molecule has 0 N–H and O–H groups in total. The maximum atomic E-state index is 7.03. The van der Waals surface area contributed by atoms with Crippen LogP contribution in [0.15, 0.2) is 173 Å². The average molecular weight is 668 g/mol. The Morgan fingerprint density at radius 1 is 0.442 bits per heavy atom. The van der Waals surface area contributed by atoms with Gasteiger partial charge in [0.05, 0.1) is 11.4 Å². The van der Waals surface area contributed by atoms with Crippen molar-refractivity contribution in [2.75, 3.05) is 4.90 Å². The summed E-state index contributed by atoms with van der Waals surface area (Å²) in [6.45, 7) is 4.67. The number of hydrogen-bond donors (Lipinski definition) is 0. The lowest BCUT2D eigenvalue weighted by Crippen LogP contribution is -2.16. The fourth-order valence-electron chi connectivity index (χ4n) is 8.70. The van der Waals surface area contributed by atoms with E-state index in [1.165, 1.54) is 27.6 Å². The Kier molecular flexibility index (Phi) is 6.01. The molecule has 52 heavy (non-hydrogen) atoms. The Morgan fingerprint density at radius 3 is 1.98 bits per heavy atom. The number of anilines is 3. The van der Waals surface area contributed by atoms with Crippen LogP contribution in [-0.4, -0.2) is 0 Å². The monoisotopic (exact) mass is 667 g/mol. The lowest BCUT2D eigenvalue weighted by Gasteiger charge is -2.28. The van der Waals surface area contributed by atoms with E-state index in [-0.39, 0.29) is 5.41 Å². The predicted molar refractivity (Wildman–Crippen MR) is 216 cm³/mol. The molecule has 3 heteroatoms. The van der Waals surface area contributed by atoms with Crippen LogP contribution in [0, 0.1) is 0 Å². The maximum Gasteiger partial charge on any atom is 0.160 e. The van der Waals surface area contributed by atoms with E-state index in [1.54, 1.807) is 0 Å². The summed E-state index contributed by atoms with van der Waals surface area (Å²) in [5.41, 5.74) is 13.9. The molecule has 0 saturated heterocycles. The number of benzene rings is 8. The summed E-state index contributed by atoms with van der Waals surface area (Å²) in [5.74, 6) is 0. The predicted octanol–water partition coefficient (Wildman–Crippen LogP) is 14.1. The first-order chi connectivity index (χ1) is 25.5. The molecule has 2 heterocycles. The van der Waals surface area contributed by atoms with E-state index < -0.39 is 0 Å². The topological polar surface area (TPSA) is 29.5 Å². The Labute approximate surface area is 301 Å². The Bertz CT molecular complexity index is 3050. The molecule has 0 unspecified atom stereocenters. The molecule has 246 valence electrons. The fraction of sp³-hybridized carbons (Fsp3) is 0.0612. The van der Waals surface area contributed by atoms with E-state index in [4.69, 9.17) is 8.83 Å². The van der Waals surface area contributed by atoms with Gasteiger partial charge < -0.3 is 13.7 Å². The third-order valence-electron chi connectivity index (χ3n) is 11.2. The highest BCUT2D eigenvalue weighted by Gasteiger charge is 2.36. The number of fused-ring (bicyclic) bond motifs is 10. The van der Waals surface area contributed by atoms with Crippen molar-refractivity contribution in [2.45, 2.75) is 19.3 Å². The molecular formula is C49H33NO2. The summed E-state index contributed by atoms with van der Waals surface area (Å²) < 4.78 is 13.5. The molecule has 0 atom stereocenters. The number of furan rings is 2. The molecule has 0 saturated carbocycles. The molecule has 8 aromatic carbocycles. The van der Waals surface area contributed by atoms with E-state index in [9.17, 15) is 0 Å². The minimum atomic E-state index is -0.151. The summed E-state index contributed by atoms with van der Waals surface area (Å²) in [5, 5.41) is 6.77. The first-order valence-electron chi connectivity index (χ1n) is 17.9. The molecule has 0 aliphatic heterocycles. The first kappa shape index (κ1) is 29.2. The molecular weight excluding hydrogens is 635 g/mol. The lowest BCUT2D eigenvalue weighted by atomic mass is 9.82. The van der Waals surface area contributed by atoms with E-state index >= 15 is 0 Å². The van der Waals surface area contributed by atoms with Gasteiger partial charge in [-0.15, -0.1) is 0 Å². The molecule has 2 aromatic heterocycles. The molecule has 11 rings (SSSR count). The highest BCUT2D eigenvalue weighted by Crippen LogP contribution is 2.52. The fourth-order valence-corrected chi connectivity index (χ4v) is 8.70. The number of rotatable bonds is 4. The third-order valence-corrected chi connectivity index (χ3v) is 11.2. The molecule has 0 fully saturated rings. The zero-order valence-electron chi connectivity index (χ0n) is 28.9. The second-order valence-electron chi connectivity index (χ2n) is 14.5. The SMILES string of the molecule is CC1(C)c2ccccc2-c2ccc(N(c3ccc4c(c3)oc3ccccc34)c3ccc(-c4ccccc4)c4c3oc3cc5ccccc5cc34)cc21. The maximum absolute atomic E-state index is 7.03. The Morgan fingerprint density at radius 2 is 1.10 bits per heavy atom. The molecule has 1 aliphatic carbocycles. The van der Waals surface area contributed by atoms with Crippen molar-refractivity contribution in [3.8, 4) is 22.3 Å². The minimum Gasteiger partial charge on any atom is -0.456 e. The zero-order valence-corrected chi connectivity index (χ0v) is 28.9. The molecule has 0 amide bonds. The standard InChI is InChI=1S/C49H33NO2/c1-49(2)41-18-10-8-16-36(41)37-22-20-33(28-42(37)49)50(34-21-23-39-38-17-9-11-19-44(38)51-46(39)29-34)43-25-24-35(30-12-4-3-5-13-30)47-40-26-31-14-6-7-15-32(31)27-45(40)52-48(43)47/h3-29H,1-2H3. The Balaban J connectivity index is 1.22. The molecule has 1 aliphatic rings. The van der Waals surface area contributed by atoms with Crippen molar-refractivity contribution >= 4 is 71.7 Å². The van der Waals surface area contributed by atoms with Crippen LogP contribution in [0.2, 0.25) is 0 Å². The van der Waals surface area contributed by atoms with E-state index in [0.29, 0.717) is 0 Å². The summed E-state index contributed by atoms with van der Waals surface area (Å²) in [7, 11) is 0. The van der Waals surface area contributed by atoms with Gasteiger partial charge in [0.1, 0.15) is 16.7 Å². The van der Waals surface area contributed by atoms with Crippen LogP contribution in [0.3, 0.4) is 0 Å². The van der Waals surface area contributed by atoms with Crippen molar-refractivity contribution in [3.63, 3.8) is 0 Å². The van der Waals surface area contributed by atoms with Gasteiger partial charge >= 0.3 is 0 Å². The summed E-state index contributed by atoms with van der Waals surface area (Å²) in [6.07, 6.45) is 0. The normalized spacial score (nSPS) is 13.3. The van der Waals surface area contributed by atoms with Crippen LogP contribution in [-0.2, 0) is 5.41 Å². The van der Waals surface area contributed by atoms with Gasteiger partial charge in [-0.3, -0.25) is 0 Å². The smallest absolute Gasteiger partial charge is 0.160 e. The largest absolute Gasteiger partial charge is 0.456 e. The summed E-state index contributed by atoms with van der Waals surface area (Å²) >= 11 is 0. The van der Waals surface area contributed by atoms with Crippen LogP contribution in [0.25, 0.3) is 76.9 Å². The molecule has 0 bridgehead atoms. The van der Waals surface area contributed by atoms with Crippen molar-refractivity contribution in [1.29, 1.82) is 0 Å².